The standard InChI is InChI=1S/C19H20F2N8O2/c20-15(21)16-23-12-3-1-2-4-13(12)29(16)19-25-17(27-7-9-31-10-8-27)24-18(26-19)28-6-5-22-14(30)11-28/h1-4,15H,5-11H2,(H,22,30). The number of nitrogens with one attached hydrogen (secondary N) is 1. The van der Waals surface area contributed by atoms with Crippen molar-refractivity contribution in [2.75, 3.05) is 55.7 Å². The third-order valence-electron chi connectivity index (χ3n) is 5.20. The molecule has 0 spiro atoms. The first-order chi connectivity index (χ1) is 15.1. The topological polar surface area (TPSA) is 101 Å². The predicted molar refractivity (Wildman–Crippen MR) is 108 cm³/mol. The highest BCUT2D eigenvalue weighted by Gasteiger charge is 2.26. The second kappa shape index (κ2) is 8.02. The Hall–Kier alpha value is -3.41. The van der Waals surface area contributed by atoms with Gasteiger partial charge in [0, 0.05) is 26.2 Å². The van der Waals surface area contributed by atoms with Crippen LogP contribution in [0.1, 0.15) is 12.2 Å². The van der Waals surface area contributed by atoms with Crippen LogP contribution < -0.4 is 15.1 Å². The summed E-state index contributed by atoms with van der Waals surface area (Å²) in [6, 6.07) is 6.84. The van der Waals surface area contributed by atoms with E-state index < -0.39 is 12.2 Å². The molecular formula is C19H20F2N8O2. The number of nitrogens with zero attached hydrogens (tertiary/aromatic N) is 7. The van der Waals surface area contributed by atoms with Gasteiger partial charge in [0.25, 0.3) is 6.43 Å². The number of rotatable bonds is 4. The van der Waals surface area contributed by atoms with Gasteiger partial charge in [0.2, 0.25) is 23.8 Å². The number of aromatic nitrogens is 5. The summed E-state index contributed by atoms with van der Waals surface area (Å²) in [5, 5.41) is 2.76. The smallest absolute Gasteiger partial charge is 0.296 e. The van der Waals surface area contributed by atoms with Gasteiger partial charge in [0.15, 0.2) is 5.82 Å². The molecule has 4 heterocycles. The third-order valence-corrected chi connectivity index (χ3v) is 5.20. The lowest BCUT2D eigenvalue weighted by molar-refractivity contribution is -0.120. The first-order valence-electron chi connectivity index (χ1n) is 9.96. The molecular weight excluding hydrogens is 410 g/mol. The van der Waals surface area contributed by atoms with Crippen molar-refractivity contribution in [1.82, 2.24) is 29.8 Å². The highest BCUT2D eigenvalue weighted by molar-refractivity contribution is 5.82. The molecule has 2 fully saturated rings. The Morgan fingerprint density at radius 1 is 0.935 bits per heavy atom. The molecule has 0 unspecified atom stereocenters. The van der Waals surface area contributed by atoms with E-state index in [0.717, 1.165) is 0 Å². The van der Waals surface area contributed by atoms with Gasteiger partial charge in [0.1, 0.15) is 0 Å². The van der Waals surface area contributed by atoms with Gasteiger partial charge in [0.05, 0.1) is 30.8 Å². The second-order valence-corrected chi connectivity index (χ2v) is 7.20. The van der Waals surface area contributed by atoms with Crippen LogP contribution in [0.25, 0.3) is 17.0 Å². The maximum atomic E-state index is 13.9. The number of halogens is 2. The van der Waals surface area contributed by atoms with Crippen molar-refractivity contribution in [2.45, 2.75) is 6.43 Å². The third kappa shape index (κ3) is 3.74. The summed E-state index contributed by atoms with van der Waals surface area (Å²) >= 11 is 0. The molecule has 2 saturated heterocycles. The molecule has 0 bridgehead atoms. The lowest BCUT2D eigenvalue weighted by Crippen LogP contribution is -2.48. The van der Waals surface area contributed by atoms with Crippen molar-refractivity contribution in [1.29, 1.82) is 0 Å². The molecule has 2 aliphatic rings. The van der Waals surface area contributed by atoms with Crippen LogP contribution >= 0.6 is 0 Å². The highest BCUT2D eigenvalue weighted by Crippen LogP contribution is 2.28. The number of para-hydroxylation sites is 2. The minimum Gasteiger partial charge on any atom is -0.378 e. The van der Waals surface area contributed by atoms with E-state index in [1.54, 1.807) is 29.2 Å². The quantitative estimate of drug-likeness (QED) is 0.652. The molecule has 162 valence electrons. The average molecular weight is 430 g/mol. The number of amides is 1. The monoisotopic (exact) mass is 430 g/mol. The van der Waals surface area contributed by atoms with Crippen LogP contribution in [-0.2, 0) is 9.53 Å². The van der Waals surface area contributed by atoms with Gasteiger partial charge >= 0.3 is 0 Å². The van der Waals surface area contributed by atoms with E-state index in [1.165, 1.54) is 4.57 Å². The van der Waals surface area contributed by atoms with Gasteiger partial charge in [-0.25, -0.2) is 13.8 Å². The van der Waals surface area contributed by atoms with E-state index in [9.17, 15) is 13.6 Å². The average Bonchev–Trinajstić information content (AvgIpc) is 3.19. The molecule has 0 aliphatic carbocycles. The number of carbonyl (C=O) groups excluding carboxylic acids is 1. The Balaban J connectivity index is 1.67. The van der Waals surface area contributed by atoms with E-state index >= 15 is 0 Å². The highest BCUT2D eigenvalue weighted by atomic mass is 19.3. The van der Waals surface area contributed by atoms with Crippen LogP contribution in [0.4, 0.5) is 20.7 Å². The van der Waals surface area contributed by atoms with Crippen LogP contribution in [0, 0.1) is 0 Å². The minimum absolute atomic E-state index is 0.0430. The Morgan fingerprint density at radius 2 is 1.65 bits per heavy atom. The fourth-order valence-electron chi connectivity index (χ4n) is 3.70. The number of carbonyl (C=O) groups is 1. The van der Waals surface area contributed by atoms with E-state index in [1.807, 2.05) is 4.90 Å². The summed E-state index contributed by atoms with van der Waals surface area (Å²) in [7, 11) is 0. The number of hydrogen-bond donors (Lipinski definition) is 1. The zero-order valence-corrected chi connectivity index (χ0v) is 16.5. The van der Waals surface area contributed by atoms with Crippen molar-refractivity contribution >= 4 is 28.8 Å². The SMILES string of the molecule is O=C1CN(c2nc(N3CCOCC3)nc(-n3c(C(F)F)nc4ccccc43)n2)CCN1. The predicted octanol–water partition coefficient (Wildman–Crippen LogP) is 0.921. The number of imidazole rings is 1. The molecule has 5 rings (SSSR count). The molecule has 10 nitrogen and oxygen atoms in total. The number of piperazine rings is 1. The Bertz CT molecular complexity index is 1120. The van der Waals surface area contributed by atoms with Crippen LogP contribution in [-0.4, -0.2) is 76.3 Å². The molecule has 1 aromatic carbocycles. The number of anilines is 2. The number of benzene rings is 1. The summed E-state index contributed by atoms with van der Waals surface area (Å²) in [6.45, 7) is 3.19. The van der Waals surface area contributed by atoms with Crippen molar-refractivity contribution in [2.24, 2.45) is 0 Å². The largest absolute Gasteiger partial charge is 0.378 e. The Morgan fingerprint density at radius 3 is 2.39 bits per heavy atom. The summed E-state index contributed by atoms with van der Waals surface area (Å²) in [6.07, 6.45) is -2.82. The maximum Gasteiger partial charge on any atom is 0.296 e. The lowest BCUT2D eigenvalue weighted by Gasteiger charge is -2.30. The molecule has 1 amide bonds. The van der Waals surface area contributed by atoms with E-state index in [2.05, 4.69) is 25.3 Å². The van der Waals surface area contributed by atoms with Crippen molar-refractivity contribution in [3.63, 3.8) is 0 Å². The maximum absolute atomic E-state index is 13.9. The van der Waals surface area contributed by atoms with E-state index in [-0.39, 0.29) is 24.3 Å². The summed E-state index contributed by atoms with van der Waals surface area (Å²) < 4.78 is 34.4. The molecule has 31 heavy (non-hydrogen) atoms. The summed E-state index contributed by atoms with van der Waals surface area (Å²) in [5.41, 5.74) is 0.893. The number of morpholine rings is 1. The zero-order valence-electron chi connectivity index (χ0n) is 16.5. The minimum atomic E-state index is -2.82. The zero-order chi connectivity index (χ0) is 21.4. The molecule has 0 radical (unpaired) electrons. The normalized spacial score (nSPS) is 17.5. The number of alkyl halides is 2. The molecule has 0 atom stereocenters. The first kappa shape index (κ1) is 19.5. The fourth-order valence-corrected chi connectivity index (χ4v) is 3.70. The van der Waals surface area contributed by atoms with Crippen LogP contribution in [0.2, 0.25) is 0 Å². The Labute approximate surface area is 175 Å². The molecule has 2 aromatic heterocycles. The van der Waals surface area contributed by atoms with Crippen molar-refractivity contribution in [3.05, 3.63) is 30.1 Å². The molecule has 3 aromatic rings. The van der Waals surface area contributed by atoms with E-state index in [0.29, 0.717) is 56.4 Å². The van der Waals surface area contributed by atoms with Crippen LogP contribution in [0.3, 0.4) is 0 Å². The molecule has 12 heteroatoms. The van der Waals surface area contributed by atoms with Crippen LogP contribution in [0.15, 0.2) is 24.3 Å². The Kier molecular flexibility index (Phi) is 5.06. The number of ether oxygens (including phenoxy) is 1. The fraction of sp³-hybridized carbons (Fsp3) is 0.421. The summed E-state index contributed by atoms with van der Waals surface area (Å²) in [4.78, 5) is 33.2. The van der Waals surface area contributed by atoms with Gasteiger partial charge < -0.3 is 19.9 Å². The van der Waals surface area contributed by atoms with Crippen LogP contribution in [0.5, 0.6) is 0 Å². The molecule has 1 N–H and O–H groups in total. The van der Waals surface area contributed by atoms with Gasteiger partial charge in [-0.2, -0.15) is 15.0 Å². The molecule has 2 aliphatic heterocycles. The summed E-state index contributed by atoms with van der Waals surface area (Å²) in [5.74, 6) is 0.0678. The van der Waals surface area contributed by atoms with Gasteiger partial charge in [-0.05, 0) is 12.1 Å². The van der Waals surface area contributed by atoms with Gasteiger partial charge in [-0.1, -0.05) is 12.1 Å². The lowest BCUT2D eigenvalue weighted by atomic mass is 10.3. The van der Waals surface area contributed by atoms with Crippen molar-refractivity contribution in [3.8, 4) is 5.95 Å². The van der Waals surface area contributed by atoms with Crippen molar-refractivity contribution < 1.29 is 18.3 Å². The van der Waals surface area contributed by atoms with Gasteiger partial charge in [-0.15, -0.1) is 0 Å². The second-order valence-electron chi connectivity index (χ2n) is 7.20. The number of hydrogen-bond acceptors (Lipinski definition) is 8. The van der Waals surface area contributed by atoms with Gasteiger partial charge in [-0.3, -0.25) is 9.36 Å². The molecule has 0 saturated carbocycles. The number of fused-ring (bicyclic) bond motifs is 1. The first-order valence-corrected chi connectivity index (χ1v) is 9.96. The van der Waals surface area contributed by atoms with E-state index in [4.69, 9.17) is 4.74 Å².